The summed E-state index contributed by atoms with van der Waals surface area (Å²) in [5.74, 6) is -0.0834. The zero-order valence-corrected chi connectivity index (χ0v) is 18.0. The molecule has 7 nitrogen and oxygen atoms in total. The van der Waals surface area contributed by atoms with Crippen LogP contribution in [0.3, 0.4) is 0 Å². The maximum absolute atomic E-state index is 13.3. The van der Waals surface area contributed by atoms with Crippen LogP contribution in [0.2, 0.25) is 0 Å². The van der Waals surface area contributed by atoms with Gasteiger partial charge >= 0.3 is 6.18 Å². The van der Waals surface area contributed by atoms with Crippen molar-refractivity contribution in [3.05, 3.63) is 59.2 Å². The highest BCUT2D eigenvalue weighted by Crippen LogP contribution is 2.32. The number of nitrogens with zero attached hydrogens (tertiary/aromatic N) is 3. The molecule has 0 aliphatic carbocycles. The van der Waals surface area contributed by atoms with Crippen molar-refractivity contribution in [2.45, 2.75) is 32.0 Å². The van der Waals surface area contributed by atoms with E-state index in [4.69, 9.17) is 5.26 Å². The van der Waals surface area contributed by atoms with Gasteiger partial charge in [0.2, 0.25) is 11.9 Å². The number of anilines is 1. The highest BCUT2D eigenvalue weighted by atomic mass is 19.4. The van der Waals surface area contributed by atoms with Gasteiger partial charge in [0.15, 0.2) is 0 Å². The fourth-order valence-corrected chi connectivity index (χ4v) is 3.60. The largest absolute Gasteiger partial charge is 0.416 e. The number of aromatic amines is 1. The number of carbonyl (C=O) groups is 1. The number of alkyl halides is 3. The minimum Gasteiger partial charge on any atom is -0.396 e. The fourth-order valence-electron chi connectivity index (χ4n) is 3.60. The molecule has 0 aliphatic rings. The third kappa shape index (κ3) is 5.81. The summed E-state index contributed by atoms with van der Waals surface area (Å²) < 4.78 is 39.9. The molecule has 0 bridgehead atoms. The van der Waals surface area contributed by atoms with Crippen LogP contribution in [-0.4, -0.2) is 45.6 Å². The van der Waals surface area contributed by atoms with Crippen molar-refractivity contribution in [3.8, 4) is 6.07 Å². The molecule has 10 heteroatoms. The van der Waals surface area contributed by atoms with Gasteiger partial charge in [-0.05, 0) is 42.7 Å². The number of para-hydroxylation sites is 1. The van der Waals surface area contributed by atoms with Gasteiger partial charge in [0.25, 0.3) is 0 Å². The van der Waals surface area contributed by atoms with E-state index < -0.39 is 17.8 Å². The second-order valence-corrected chi connectivity index (χ2v) is 7.46. The Balaban J connectivity index is 1.97. The monoisotopic (exact) mass is 459 g/mol. The third-order valence-corrected chi connectivity index (χ3v) is 5.28. The quantitative estimate of drug-likeness (QED) is 0.419. The van der Waals surface area contributed by atoms with E-state index in [2.05, 4.69) is 15.3 Å². The Bertz CT molecular complexity index is 1150. The molecule has 0 spiro atoms. The SMILES string of the molecule is CCN(CC#N)C(=O)CC(Nc1nc2c(CCO)cccc2[nH]1)c1cccc(C(F)(F)F)c1. The van der Waals surface area contributed by atoms with E-state index in [1.807, 2.05) is 18.2 Å². The molecule has 1 aromatic heterocycles. The Morgan fingerprint density at radius 3 is 2.73 bits per heavy atom. The number of aliphatic hydroxyl groups is 1. The van der Waals surface area contributed by atoms with Gasteiger partial charge < -0.3 is 20.3 Å². The van der Waals surface area contributed by atoms with Crippen molar-refractivity contribution in [2.24, 2.45) is 0 Å². The fraction of sp³-hybridized carbons (Fsp3) is 0.348. The zero-order chi connectivity index (χ0) is 24.0. The molecule has 174 valence electrons. The van der Waals surface area contributed by atoms with Crippen molar-refractivity contribution < 1.29 is 23.1 Å². The van der Waals surface area contributed by atoms with Gasteiger partial charge in [-0.3, -0.25) is 4.79 Å². The molecule has 3 rings (SSSR count). The number of halogens is 3. The number of aromatic nitrogens is 2. The topological polar surface area (TPSA) is 105 Å². The maximum atomic E-state index is 13.3. The van der Waals surface area contributed by atoms with Crippen molar-refractivity contribution in [3.63, 3.8) is 0 Å². The molecular weight excluding hydrogens is 435 g/mol. The summed E-state index contributed by atoms with van der Waals surface area (Å²) in [6.07, 6.45) is -4.30. The lowest BCUT2D eigenvalue weighted by molar-refractivity contribution is -0.137. The Labute approximate surface area is 188 Å². The first-order chi connectivity index (χ1) is 15.8. The van der Waals surface area contributed by atoms with Crippen LogP contribution in [0.4, 0.5) is 19.1 Å². The molecule has 2 aromatic carbocycles. The minimum absolute atomic E-state index is 0.0537. The average Bonchev–Trinajstić information content (AvgIpc) is 3.20. The Morgan fingerprint density at radius 2 is 2.06 bits per heavy atom. The number of rotatable bonds is 9. The summed E-state index contributed by atoms with van der Waals surface area (Å²) in [4.78, 5) is 21.7. The smallest absolute Gasteiger partial charge is 0.396 e. The van der Waals surface area contributed by atoms with Crippen LogP contribution in [0, 0.1) is 11.3 Å². The number of benzene rings is 2. The van der Waals surface area contributed by atoms with Gasteiger partial charge in [0, 0.05) is 13.2 Å². The Hall–Kier alpha value is -3.58. The van der Waals surface area contributed by atoms with Crippen LogP contribution in [-0.2, 0) is 17.4 Å². The second kappa shape index (κ2) is 10.4. The van der Waals surface area contributed by atoms with Gasteiger partial charge in [0.1, 0.15) is 6.54 Å². The number of nitriles is 1. The van der Waals surface area contributed by atoms with E-state index in [0.717, 1.165) is 17.7 Å². The van der Waals surface area contributed by atoms with E-state index in [0.29, 0.717) is 24.0 Å². The predicted molar refractivity (Wildman–Crippen MR) is 117 cm³/mol. The highest BCUT2D eigenvalue weighted by molar-refractivity contribution is 5.81. The molecular formula is C23H24F3N5O2. The minimum atomic E-state index is -4.53. The lowest BCUT2D eigenvalue weighted by Crippen LogP contribution is -2.33. The first kappa shape index (κ1) is 24.1. The van der Waals surface area contributed by atoms with Crippen LogP contribution in [0.25, 0.3) is 11.0 Å². The summed E-state index contributed by atoms with van der Waals surface area (Å²) in [6.45, 7) is 1.86. The third-order valence-electron chi connectivity index (χ3n) is 5.28. The first-order valence-corrected chi connectivity index (χ1v) is 10.4. The van der Waals surface area contributed by atoms with Gasteiger partial charge in [-0.15, -0.1) is 0 Å². The first-order valence-electron chi connectivity index (χ1n) is 10.4. The van der Waals surface area contributed by atoms with E-state index >= 15 is 0 Å². The summed E-state index contributed by atoms with van der Waals surface area (Å²) >= 11 is 0. The molecule has 0 radical (unpaired) electrons. The predicted octanol–water partition coefficient (Wildman–Crippen LogP) is 4.03. The molecule has 0 saturated heterocycles. The van der Waals surface area contributed by atoms with Crippen molar-refractivity contribution in [1.82, 2.24) is 14.9 Å². The van der Waals surface area contributed by atoms with E-state index in [9.17, 15) is 23.1 Å². The summed E-state index contributed by atoms with van der Waals surface area (Å²) in [5.41, 5.74) is 1.58. The number of imidazole rings is 1. The van der Waals surface area contributed by atoms with Gasteiger partial charge in [-0.2, -0.15) is 18.4 Å². The Kier molecular flexibility index (Phi) is 7.55. The standard InChI is InChI=1S/C23H24F3N5O2/c1-2-31(11-10-27)20(33)14-19(16-6-3-7-17(13-16)23(24,25)26)29-22-28-18-8-4-5-15(9-12-32)21(18)30-22/h3-8,13,19,32H,2,9,11-12,14H2,1H3,(H2,28,29,30). The molecule has 3 N–H and O–H groups in total. The molecule has 33 heavy (non-hydrogen) atoms. The van der Waals surface area contributed by atoms with E-state index in [-0.39, 0.29) is 37.0 Å². The number of nitrogens with one attached hydrogen (secondary N) is 2. The van der Waals surface area contributed by atoms with Crippen molar-refractivity contribution in [1.29, 1.82) is 5.26 Å². The molecule has 0 fully saturated rings. The van der Waals surface area contributed by atoms with Crippen molar-refractivity contribution in [2.75, 3.05) is 25.0 Å². The number of fused-ring (bicyclic) bond motifs is 1. The summed E-state index contributed by atoms with van der Waals surface area (Å²) in [7, 11) is 0. The highest BCUT2D eigenvalue weighted by Gasteiger charge is 2.31. The normalized spacial score (nSPS) is 12.4. The second-order valence-electron chi connectivity index (χ2n) is 7.46. The summed E-state index contributed by atoms with van der Waals surface area (Å²) in [6, 6.07) is 11.3. The van der Waals surface area contributed by atoms with Crippen LogP contribution in [0.5, 0.6) is 0 Å². The Morgan fingerprint density at radius 1 is 1.30 bits per heavy atom. The number of hydrogen-bond donors (Lipinski definition) is 3. The molecule has 0 aliphatic heterocycles. The van der Waals surface area contributed by atoms with E-state index in [1.54, 1.807) is 13.0 Å². The number of amides is 1. The molecule has 1 heterocycles. The number of H-pyrrole nitrogens is 1. The number of carbonyl (C=O) groups excluding carboxylic acids is 1. The lowest BCUT2D eigenvalue weighted by Gasteiger charge is -2.23. The number of aliphatic hydroxyl groups excluding tert-OH is 1. The molecule has 1 amide bonds. The van der Waals surface area contributed by atoms with Crippen LogP contribution < -0.4 is 5.32 Å². The van der Waals surface area contributed by atoms with Gasteiger partial charge in [-0.1, -0.05) is 24.3 Å². The average molecular weight is 459 g/mol. The molecule has 1 unspecified atom stereocenters. The molecule has 3 aromatic rings. The van der Waals surface area contributed by atoms with Crippen molar-refractivity contribution >= 4 is 22.9 Å². The van der Waals surface area contributed by atoms with Gasteiger partial charge in [-0.25, -0.2) is 4.98 Å². The van der Waals surface area contributed by atoms with E-state index in [1.165, 1.54) is 17.0 Å². The van der Waals surface area contributed by atoms with Crippen LogP contribution in [0.1, 0.15) is 36.1 Å². The van der Waals surface area contributed by atoms with Gasteiger partial charge in [0.05, 0.1) is 35.1 Å². The van der Waals surface area contributed by atoms with Crippen LogP contribution >= 0.6 is 0 Å². The lowest BCUT2D eigenvalue weighted by atomic mass is 10.0. The summed E-state index contributed by atoms with van der Waals surface area (Å²) in [5, 5.41) is 21.3. The molecule has 0 saturated carbocycles. The maximum Gasteiger partial charge on any atom is 0.416 e. The number of hydrogen-bond acceptors (Lipinski definition) is 5. The zero-order valence-electron chi connectivity index (χ0n) is 18.0. The van der Waals surface area contributed by atoms with Crippen LogP contribution in [0.15, 0.2) is 42.5 Å². The molecule has 1 atom stereocenters.